The fourth-order valence-electron chi connectivity index (χ4n) is 3.45. The number of nitrogens with two attached hydrogens (primary N) is 1. The van der Waals surface area contributed by atoms with E-state index in [0.717, 1.165) is 31.5 Å². The van der Waals surface area contributed by atoms with Crippen molar-refractivity contribution in [1.29, 1.82) is 0 Å². The van der Waals surface area contributed by atoms with Crippen LogP contribution < -0.4 is 11.3 Å². The number of nitrogens with zero attached hydrogens (tertiary/aromatic N) is 1. The molecule has 1 aromatic rings. The molecule has 2 unspecified atom stereocenters. The van der Waals surface area contributed by atoms with Crippen LogP contribution in [-0.4, -0.2) is 29.6 Å². The molecular weight excluding hydrogens is 265 g/mol. The van der Waals surface area contributed by atoms with E-state index in [4.69, 9.17) is 5.84 Å². The van der Waals surface area contributed by atoms with Gasteiger partial charge in [0, 0.05) is 11.6 Å². The van der Waals surface area contributed by atoms with Gasteiger partial charge in [0.1, 0.15) is 5.82 Å². The van der Waals surface area contributed by atoms with Crippen LogP contribution in [-0.2, 0) is 6.42 Å². The molecule has 1 aromatic carbocycles. The third-order valence-electron chi connectivity index (χ3n) is 5.08. The van der Waals surface area contributed by atoms with Crippen LogP contribution >= 0.6 is 0 Å². The molecule has 1 heterocycles. The number of halogens is 1. The predicted octanol–water partition coefficient (Wildman–Crippen LogP) is 2.85. The highest BCUT2D eigenvalue weighted by atomic mass is 19.1. The second-order valence-electron chi connectivity index (χ2n) is 6.31. The van der Waals surface area contributed by atoms with Gasteiger partial charge < -0.3 is 0 Å². The maximum atomic E-state index is 13.4. The summed E-state index contributed by atoms with van der Waals surface area (Å²) in [6.07, 6.45) is 5.60. The number of benzene rings is 1. The summed E-state index contributed by atoms with van der Waals surface area (Å²) in [4.78, 5) is 2.56. The Balaban J connectivity index is 2.16. The Morgan fingerprint density at radius 3 is 2.62 bits per heavy atom. The van der Waals surface area contributed by atoms with Gasteiger partial charge in [-0.3, -0.25) is 16.2 Å². The Kier molecular flexibility index (Phi) is 5.73. The van der Waals surface area contributed by atoms with E-state index in [1.807, 2.05) is 6.07 Å². The van der Waals surface area contributed by atoms with Crippen molar-refractivity contribution in [2.24, 2.45) is 5.84 Å². The lowest BCUT2D eigenvalue weighted by atomic mass is 9.82. The molecule has 118 valence electrons. The highest BCUT2D eigenvalue weighted by Crippen LogP contribution is 2.29. The minimum absolute atomic E-state index is 0.00148. The molecule has 1 fully saturated rings. The van der Waals surface area contributed by atoms with Crippen LogP contribution in [0.5, 0.6) is 0 Å². The smallest absolute Gasteiger partial charge is 0.123 e. The van der Waals surface area contributed by atoms with Crippen LogP contribution in [0.25, 0.3) is 0 Å². The third-order valence-corrected chi connectivity index (χ3v) is 5.08. The van der Waals surface area contributed by atoms with Gasteiger partial charge >= 0.3 is 0 Å². The topological polar surface area (TPSA) is 41.3 Å². The molecule has 4 heteroatoms. The van der Waals surface area contributed by atoms with E-state index in [1.54, 1.807) is 12.1 Å². The minimum atomic E-state index is -0.181. The normalized spacial score (nSPS) is 21.0. The number of hydrazine groups is 1. The first-order chi connectivity index (χ1) is 10.1. The number of likely N-dealkylation sites (tertiary alicyclic amines) is 1. The second kappa shape index (κ2) is 7.34. The summed E-state index contributed by atoms with van der Waals surface area (Å²) in [5.41, 5.74) is 3.99. The first kappa shape index (κ1) is 16.4. The highest BCUT2D eigenvalue weighted by molar-refractivity contribution is 5.19. The van der Waals surface area contributed by atoms with Crippen molar-refractivity contribution >= 4 is 0 Å². The van der Waals surface area contributed by atoms with Gasteiger partial charge in [0.2, 0.25) is 0 Å². The minimum Gasteiger partial charge on any atom is -0.296 e. The van der Waals surface area contributed by atoms with E-state index in [0.29, 0.717) is 0 Å². The number of hydrogen-bond acceptors (Lipinski definition) is 3. The van der Waals surface area contributed by atoms with Gasteiger partial charge in [0.15, 0.2) is 0 Å². The molecule has 2 rings (SSSR count). The van der Waals surface area contributed by atoms with Gasteiger partial charge in [-0.05, 0) is 63.4 Å². The Morgan fingerprint density at radius 1 is 1.33 bits per heavy atom. The Labute approximate surface area is 127 Å². The van der Waals surface area contributed by atoms with E-state index in [1.165, 1.54) is 25.3 Å². The van der Waals surface area contributed by atoms with Gasteiger partial charge in [-0.25, -0.2) is 4.39 Å². The quantitative estimate of drug-likeness (QED) is 0.626. The van der Waals surface area contributed by atoms with Crippen LogP contribution in [0, 0.1) is 5.82 Å². The average molecular weight is 293 g/mol. The van der Waals surface area contributed by atoms with Crippen LogP contribution in [0.4, 0.5) is 4.39 Å². The molecule has 0 saturated carbocycles. The maximum Gasteiger partial charge on any atom is 0.123 e. The second-order valence-corrected chi connectivity index (χ2v) is 6.31. The van der Waals surface area contributed by atoms with Gasteiger partial charge in [0.05, 0.1) is 0 Å². The molecule has 0 aromatic heterocycles. The zero-order chi connectivity index (χ0) is 15.3. The molecule has 0 radical (unpaired) electrons. The van der Waals surface area contributed by atoms with E-state index in [2.05, 4.69) is 24.2 Å². The van der Waals surface area contributed by atoms with Crippen molar-refractivity contribution in [1.82, 2.24) is 10.3 Å². The molecule has 1 aliphatic heterocycles. The molecular formula is C17H28FN3. The SMILES string of the molecule is CCC(C)(C(Cc1cccc(F)c1)NN)N1CCCCC1. The molecule has 0 amide bonds. The summed E-state index contributed by atoms with van der Waals surface area (Å²) in [5.74, 6) is 5.68. The maximum absolute atomic E-state index is 13.4. The summed E-state index contributed by atoms with van der Waals surface area (Å²) >= 11 is 0. The molecule has 21 heavy (non-hydrogen) atoms. The van der Waals surface area contributed by atoms with Crippen molar-refractivity contribution < 1.29 is 4.39 Å². The van der Waals surface area contributed by atoms with Crippen LogP contribution in [0.3, 0.4) is 0 Å². The van der Waals surface area contributed by atoms with Crippen molar-refractivity contribution in [2.75, 3.05) is 13.1 Å². The molecule has 3 nitrogen and oxygen atoms in total. The molecule has 3 N–H and O–H groups in total. The fourth-order valence-corrected chi connectivity index (χ4v) is 3.45. The number of rotatable bonds is 6. The third kappa shape index (κ3) is 3.82. The summed E-state index contributed by atoms with van der Waals surface area (Å²) in [5, 5.41) is 0. The van der Waals surface area contributed by atoms with Gasteiger partial charge in [-0.1, -0.05) is 25.5 Å². The monoisotopic (exact) mass is 293 g/mol. The van der Waals surface area contributed by atoms with Gasteiger partial charge in [-0.15, -0.1) is 0 Å². The van der Waals surface area contributed by atoms with E-state index in [-0.39, 0.29) is 17.4 Å². The lowest BCUT2D eigenvalue weighted by Gasteiger charge is -2.48. The zero-order valence-electron chi connectivity index (χ0n) is 13.2. The van der Waals surface area contributed by atoms with Crippen molar-refractivity contribution in [3.8, 4) is 0 Å². The molecule has 2 atom stereocenters. The lowest BCUT2D eigenvalue weighted by molar-refractivity contribution is 0.0429. The number of hydrogen-bond donors (Lipinski definition) is 2. The molecule has 0 bridgehead atoms. The first-order valence-electron chi connectivity index (χ1n) is 8.05. The van der Waals surface area contributed by atoms with Crippen LogP contribution in [0.2, 0.25) is 0 Å². The average Bonchev–Trinajstić information content (AvgIpc) is 2.53. The molecule has 1 saturated heterocycles. The first-order valence-corrected chi connectivity index (χ1v) is 8.05. The predicted molar refractivity (Wildman–Crippen MR) is 85.3 cm³/mol. The van der Waals surface area contributed by atoms with Crippen molar-refractivity contribution in [3.63, 3.8) is 0 Å². The van der Waals surface area contributed by atoms with E-state index >= 15 is 0 Å². The summed E-state index contributed by atoms with van der Waals surface area (Å²) < 4.78 is 13.4. The fraction of sp³-hybridized carbons (Fsp3) is 0.647. The lowest BCUT2D eigenvalue weighted by Crippen LogP contribution is -2.62. The molecule has 0 aliphatic carbocycles. The molecule has 0 spiro atoms. The standard InChI is InChI=1S/C17H28FN3/c1-3-17(2,21-10-5-4-6-11-21)16(20-19)13-14-8-7-9-15(18)12-14/h7-9,12,16,20H,3-6,10-11,13,19H2,1-2H3. The Hall–Kier alpha value is -0.970. The largest absolute Gasteiger partial charge is 0.296 e. The van der Waals surface area contributed by atoms with Gasteiger partial charge in [-0.2, -0.15) is 0 Å². The Bertz CT molecular complexity index is 445. The number of nitrogens with one attached hydrogen (secondary N) is 1. The highest BCUT2D eigenvalue weighted by Gasteiger charge is 2.38. The van der Waals surface area contributed by atoms with E-state index < -0.39 is 0 Å². The van der Waals surface area contributed by atoms with Gasteiger partial charge in [0.25, 0.3) is 0 Å². The summed E-state index contributed by atoms with van der Waals surface area (Å²) in [7, 11) is 0. The van der Waals surface area contributed by atoms with Crippen molar-refractivity contribution in [3.05, 3.63) is 35.6 Å². The zero-order valence-corrected chi connectivity index (χ0v) is 13.2. The summed E-state index contributed by atoms with van der Waals surface area (Å²) in [6.45, 7) is 6.75. The van der Waals surface area contributed by atoms with Crippen LogP contribution in [0.1, 0.15) is 45.1 Å². The number of piperidine rings is 1. The summed E-state index contributed by atoms with van der Waals surface area (Å²) in [6, 6.07) is 6.94. The van der Waals surface area contributed by atoms with Crippen LogP contribution in [0.15, 0.2) is 24.3 Å². The van der Waals surface area contributed by atoms with E-state index in [9.17, 15) is 4.39 Å². The molecule has 1 aliphatic rings. The Morgan fingerprint density at radius 2 is 2.05 bits per heavy atom. The van der Waals surface area contributed by atoms with Crippen molar-refractivity contribution in [2.45, 2.75) is 57.5 Å².